The number of nitrogens with one attached hydrogen (secondary N) is 1. The predicted molar refractivity (Wildman–Crippen MR) is 90.4 cm³/mol. The van der Waals surface area contributed by atoms with Crippen LogP contribution in [0.15, 0.2) is 17.0 Å². The summed E-state index contributed by atoms with van der Waals surface area (Å²) >= 11 is 0. The molecule has 134 valence electrons. The first-order chi connectivity index (χ1) is 10.8. The van der Waals surface area contributed by atoms with E-state index in [2.05, 4.69) is 10.1 Å². The molecule has 1 aromatic carbocycles. The quantitative estimate of drug-likeness (QED) is 0.801. The third-order valence-corrected chi connectivity index (χ3v) is 5.70. The zero-order valence-electron chi connectivity index (χ0n) is 15.1. The molecule has 0 saturated heterocycles. The SMILES string of the molecule is COC(=O)C(C)(C)NC(=O)c1cc(C)c(C)c(S(=O)(=O)N(C)C)c1. The molecule has 0 atom stereocenters. The van der Waals surface area contributed by atoms with Crippen LogP contribution < -0.4 is 5.32 Å². The van der Waals surface area contributed by atoms with E-state index in [0.29, 0.717) is 11.1 Å². The molecule has 8 heteroatoms. The number of rotatable bonds is 5. The minimum Gasteiger partial charge on any atom is -0.467 e. The third-order valence-electron chi connectivity index (χ3n) is 3.76. The van der Waals surface area contributed by atoms with Gasteiger partial charge in [-0.25, -0.2) is 17.5 Å². The van der Waals surface area contributed by atoms with Gasteiger partial charge in [-0.2, -0.15) is 0 Å². The largest absolute Gasteiger partial charge is 0.467 e. The normalized spacial score (nSPS) is 12.2. The fraction of sp³-hybridized carbons (Fsp3) is 0.500. The fourth-order valence-electron chi connectivity index (χ4n) is 2.08. The summed E-state index contributed by atoms with van der Waals surface area (Å²) in [7, 11) is 0.397. The van der Waals surface area contributed by atoms with Gasteiger partial charge in [-0.15, -0.1) is 0 Å². The molecule has 0 spiro atoms. The number of benzene rings is 1. The maximum atomic E-state index is 12.5. The summed E-state index contributed by atoms with van der Waals surface area (Å²) in [5.74, 6) is -1.15. The highest BCUT2D eigenvalue weighted by atomic mass is 32.2. The molecular formula is C16H24N2O5S. The van der Waals surface area contributed by atoms with Crippen molar-refractivity contribution in [2.75, 3.05) is 21.2 Å². The van der Waals surface area contributed by atoms with Gasteiger partial charge in [0.15, 0.2) is 0 Å². The van der Waals surface area contributed by atoms with E-state index in [1.54, 1.807) is 19.9 Å². The summed E-state index contributed by atoms with van der Waals surface area (Å²) in [6.07, 6.45) is 0. The Morgan fingerprint density at radius 3 is 2.17 bits per heavy atom. The predicted octanol–water partition coefficient (Wildman–Crippen LogP) is 1.24. The molecule has 1 aromatic rings. The smallest absolute Gasteiger partial charge is 0.330 e. The molecule has 0 radical (unpaired) electrons. The van der Waals surface area contributed by atoms with Crippen LogP contribution in [0.3, 0.4) is 0 Å². The van der Waals surface area contributed by atoms with Gasteiger partial charge in [0.1, 0.15) is 5.54 Å². The number of aryl methyl sites for hydroxylation is 1. The van der Waals surface area contributed by atoms with Crippen molar-refractivity contribution in [3.05, 3.63) is 28.8 Å². The van der Waals surface area contributed by atoms with Crippen molar-refractivity contribution in [1.29, 1.82) is 0 Å². The van der Waals surface area contributed by atoms with Gasteiger partial charge in [0, 0.05) is 19.7 Å². The maximum Gasteiger partial charge on any atom is 0.330 e. The van der Waals surface area contributed by atoms with Crippen LogP contribution in [0.5, 0.6) is 0 Å². The number of ether oxygens (including phenoxy) is 1. The van der Waals surface area contributed by atoms with Crippen LogP contribution in [0.2, 0.25) is 0 Å². The van der Waals surface area contributed by atoms with Crippen LogP contribution >= 0.6 is 0 Å². The average Bonchev–Trinajstić information content (AvgIpc) is 2.47. The highest BCUT2D eigenvalue weighted by Gasteiger charge is 2.31. The number of esters is 1. The Kier molecular flexibility index (Phi) is 5.78. The molecule has 1 N–H and O–H groups in total. The van der Waals surface area contributed by atoms with Crippen LogP contribution in [0.25, 0.3) is 0 Å². The summed E-state index contributed by atoms with van der Waals surface area (Å²) in [5.41, 5.74) is 0.174. The molecule has 0 unspecified atom stereocenters. The molecule has 0 aliphatic carbocycles. The Hall–Kier alpha value is -1.93. The number of hydrogen-bond donors (Lipinski definition) is 1. The van der Waals surface area contributed by atoms with Crippen molar-refractivity contribution in [2.45, 2.75) is 38.1 Å². The molecule has 0 aliphatic heterocycles. The van der Waals surface area contributed by atoms with Crippen LogP contribution in [-0.4, -0.2) is 51.3 Å². The van der Waals surface area contributed by atoms with Gasteiger partial charge in [-0.05, 0) is 51.0 Å². The first kappa shape index (κ1) is 20.1. The van der Waals surface area contributed by atoms with E-state index in [9.17, 15) is 18.0 Å². The monoisotopic (exact) mass is 356 g/mol. The Morgan fingerprint density at radius 1 is 1.17 bits per heavy atom. The summed E-state index contributed by atoms with van der Waals surface area (Å²) in [6.45, 7) is 6.43. The third kappa shape index (κ3) is 3.93. The molecule has 0 bridgehead atoms. The van der Waals surface area contributed by atoms with Gasteiger partial charge in [-0.1, -0.05) is 0 Å². The summed E-state index contributed by atoms with van der Waals surface area (Å²) in [5, 5.41) is 2.56. The molecule has 24 heavy (non-hydrogen) atoms. The number of hydrogen-bond acceptors (Lipinski definition) is 5. The molecule has 0 fully saturated rings. The first-order valence-electron chi connectivity index (χ1n) is 7.29. The molecule has 7 nitrogen and oxygen atoms in total. The number of methoxy groups -OCH3 is 1. The van der Waals surface area contributed by atoms with Crippen molar-refractivity contribution in [3.8, 4) is 0 Å². The minimum absolute atomic E-state index is 0.0634. The van der Waals surface area contributed by atoms with Crippen LogP contribution in [0, 0.1) is 13.8 Å². The van der Waals surface area contributed by atoms with E-state index in [-0.39, 0.29) is 10.5 Å². The summed E-state index contributed by atoms with van der Waals surface area (Å²) in [4.78, 5) is 24.2. The topological polar surface area (TPSA) is 92.8 Å². The van der Waals surface area contributed by atoms with Crippen LogP contribution in [-0.2, 0) is 19.6 Å². The molecular weight excluding hydrogens is 332 g/mol. The highest BCUT2D eigenvalue weighted by molar-refractivity contribution is 7.89. The zero-order chi connectivity index (χ0) is 18.9. The molecule has 1 amide bonds. The van der Waals surface area contributed by atoms with Crippen LogP contribution in [0.1, 0.15) is 35.3 Å². The van der Waals surface area contributed by atoms with E-state index < -0.39 is 27.4 Å². The Balaban J connectivity index is 3.35. The standard InChI is InChI=1S/C16H24N2O5S/c1-10-8-12(14(19)17-16(3,4)15(20)23-7)9-13(11(10)2)24(21,22)18(5)6/h8-9H,1-7H3,(H,17,19). The van der Waals surface area contributed by atoms with Crippen molar-refractivity contribution in [2.24, 2.45) is 0 Å². The van der Waals surface area contributed by atoms with Gasteiger partial charge in [0.2, 0.25) is 10.0 Å². The molecule has 0 aromatic heterocycles. The minimum atomic E-state index is -3.69. The Morgan fingerprint density at radius 2 is 1.71 bits per heavy atom. The van der Waals surface area contributed by atoms with E-state index in [0.717, 1.165) is 4.31 Å². The molecule has 0 aliphatic rings. The highest BCUT2D eigenvalue weighted by Crippen LogP contribution is 2.23. The van der Waals surface area contributed by atoms with E-state index >= 15 is 0 Å². The van der Waals surface area contributed by atoms with Gasteiger partial charge >= 0.3 is 5.97 Å². The molecule has 0 heterocycles. The zero-order valence-corrected chi connectivity index (χ0v) is 15.9. The first-order valence-corrected chi connectivity index (χ1v) is 8.73. The van der Waals surface area contributed by atoms with E-state index in [1.165, 1.54) is 41.1 Å². The van der Waals surface area contributed by atoms with Crippen LogP contribution in [0.4, 0.5) is 0 Å². The number of nitrogens with zero attached hydrogens (tertiary/aromatic N) is 1. The number of sulfonamides is 1. The Labute approximate surface area is 143 Å². The van der Waals surface area contributed by atoms with E-state index in [1.807, 2.05) is 0 Å². The number of carbonyl (C=O) groups excluding carboxylic acids is 2. The van der Waals surface area contributed by atoms with Crippen molar-refractivity contribution >= 4 is 21.9 Å². The number of amides is 1. The lowest BCUT2D eigenvalue weighted by Crippen LogP contribution is -2.50. The molecule has 0 saturated carbocycles. The lowest BCUT2D eigenvalue weighted by molar-refractivity contribution is -0.146. The Bertz CT molecular complexity index is 767. The van der Waals surface area contributed by atoms with Gasteiger partial charge in [0.25, 0.3) is 5.91 Å². The number of carbonyl (C=O) groups is 2. The van der Waals surface area contributed by atoms with E-state index in [4.69, 9.17) is 0 Å². The fourth-order valence-corrected chi connectivity index (χ4v) is 3.30. The summed E-state index contributed by atoms with van der Waals surface area (Å²) < 4.78 is 30.6. The van der Waals surface area contributed by atoms with Crippen molar-refractivity contribution < 1.29 is 22.7 Å². The molecule has 1 rings (SSSR count). The van der Waals surface area contributed by atoms with Gasteiger partial charge in [0.05, 0.1) is 12.0 Å². The van der Waals surface area contributed by atoms with Crippen molar-refractivity contribution in [1.82, 2.24) is 9.62 Å². The average molecular weight is 356 g/mol. The lowest BCUT2D eigenvalue weighted by atomic mass is 10.0. The second-order valence-corrected chi connectivity index (χ2v) is 8.39. The second kappa shape index (κ2) is 6.90. The van der Waals surface area contributed by atoms with Gasteiger partial charge < -0.3 is 10.1 Å². The maximum absolute atomic E-state index is 12.5. The van der Waals surface area contributed by atoms with Crippen molar-refractivity contribution in [3.63, 3.8) is 0 Å². The van der Waals surface area contributed by atoms with Gasteiger partial charge in [-0.3, -0.25) is 4.79 Å². The second-order valence-electron chi connectivity index (χ2n) is 6.27. The lowest BCUT2D eigenvalue weighted by Gasteiger charge is -2.23. The summed E-state index contributed by atoms with van der Waals surface area (Å²) in [6, 6.07) is 2.91.